The van der Waals surface area contributed by atoms with Crippen molar-refractivity contribution in [3.05, 3.63) is 100 Å². The maximum atomic E-state index is 13.8. The monoisotopic (exact) mass is 568 g/mol. The molecule has 38 heavy (non-hydrogen) atoms. The molecular formula is C31H34Cl2N2O2S. The highest BCUT2D eigenvalue weighted by atomic mass is 35.5. The number of nitrogens with zero attached hydrogens (tertiary/aromatic N) is 1. The van der Waals surface area contributed by atoms with Crippen molar-refractivity contribution in [1.29, 1.82) is 0 Å². The quantitative estimate of drug-likeness (QED) is 0.243. The van der Waals surface area contributed by atoms with Gasteiger partial charge < -0.3 is 10.2 Å². The zero-order chi connectivity index (χ0) is 26.7. The molecule has 2 amide bonds. The maximum Gasteiger partial charge on any atom is 0.243 e. The van der Waals surface area contributed by atoms with E-state index in [-0.39, 0.29) is 24.4 Å². The second-order valence-electron chi connectivity index (χ2n) is 9.72. The van der Waals surface area contributed by atoms with Crippen LogP contribution >= 0.6 is 35.0 Å². The maximum absolute atomic E-state index is 13.8. The number of nitrogens with one attached hydrogen (secondary N) is 1. The molecule has 1 saturated carbocycles. The molecule has 3 aromatic rings. The molecule has 1 aliphatic carbocycles. The third-order valence-electron chi connectivity index (χ3n) is 6.91. The highest BCUT2D eigenvalue weighted by Crippen LogP contribution is 2.26. The first-order valence-electron chi connectivity index (χ1n) is 13.2. The summed E-state index contributed by atoms with van der Waals surface area (Å²) >= 11 is 14.3. The van der Waals surface area contributed by atoms with Crippen LogP contribution in [0, 0.1) is 0 Å². The van der Waals surface area contributed by atoms with Crippen LogP contribution in [0.2, 0.25) is 10.0 Å². The molecule has 1 N–H and O–H groups in total. The van der Waals surface area contributed by atoms with Gasteiger partial charge in [-0.05, 0) is 48.2 Å². The van der Waals surface area contributed by atoms with E-state index in [0.29, 0.717) is 28.6 Å². The van der Waals surface area contributed by atoms with Gasteiger partial charge in [-0.25, -0.2) is 0 Å². The molecule has 0 saturated heterocycles. The van der Waals surface area contributed by atoms with Crippen molar-refractivity contribution in [3.8, 4) is 0 Å². The third-order valence-corrected chi connectivity index (χ3v) is 8.51. The molecule has 0 unspecified atom stereocenters. The molecule has 7 heteroatoms. The predicted octanol–water partition coefficient (Wildman–Crippen LogP) is 7.56. The summed E-state index contributed by atoms with van der Waals surface area (Å²) in [5.74, 6) is 0.449. The van der Waals surface area contributed by atoms with Gasteiger partial charge in [0.25, 0.3) is 0 Å². The summed E-state index contributed by atoms with van der Waals surface area (Å²) in [6.45, 7) is 0.237. The van der Waals surface area contributed by atoms with Gasteiger partial charge >= 0.3 is 0 Å². The van der Waals surface area contributed by atoms with Crippen LogP contribution in [0.4, 0.5) is 0 Å². The van der Waals surface area contributed by atoms with Crippen LogP contribution in [0.5, 0.6) is 0 Å². The molecule has 1 fully saturated rings. The number of carbonyl (C=O) groups is 2. The fourth-order valence-electron chi connectivity index (χ4n) is 4.85. The van der Waals surface area contributed by atoms with Gasteiger partial charge in [0.15, 0.2) is 0 Å². The normalized spacial score (nSPS) is 14.6. The lowest BCUT2D eigenvalue weighted by molar-refractivity contribution is -0.141. The summed E-state index contributed by atoms with van der Waals surface area (Å²) in [5, 5.41) is 4.29. The second-order valence-corrected chi connectivity index (χ2v) is 11.7. The fraction of sp³-hybridized carbons (Fsp3) is 0.355. The Morgan fingerprint density at radius 1 is 0.921 bits per heavy atom. The summed E-state index contributed by atoms with van der Waals surface area (Å²) in [6.07, 6.45) is 6.15. The van der Waals surface area contributed by atoms with E-state index in [0.717, 1.165) is 41.7 Å². The number of amides is 2. The number of carbonyl (C=O) groups excluding carboxylic acids is 2. The fourth-order valence-corrected chi connectivity index (χ4v) is 6.18. The summed E-state index contributed by atoms with van der Waals surface area (Å²) in [4.78, 5) is 30.5. The molecule has 0 aliphatic heterocycles. The van der Waals surface area contributed by atoms with Crippen molar-refractivity contribution >= 4 is 46.8 Å². The third kappa shape index (κ3) is 8.52. The highest BCUT2D eigenvalue weighted by Gasteiger charge is 2.32. The van der Waals surface area contributed by atoms with Crippen molar-refractivity contribution in [2.24, 2.45) is 0 Å². The molecule has 0 spiro atoms. The van der Waals surface area contributed by atoms with E-state index < -0.39 is 6.04 Å². The van der Waals surface area contributed by atoms with Gasteiger partial charge in [0.1, 0.15) is 6.04 Å². The number of thioether (sulfide) groups is 1. The average Bonchev–Trinajstić information content (AvgIpc) is 2.93. The Kier molecular flexibility index (Phi) is 11.0. The SMILES string of the molecule is O=C(NC1CCCCC1)[C@H](Cc1ccccc1)N(Cc1ccc(Cl)cc1Cl)C(=O)CCSc1ccccc1. The van der Waals surface area contributed by atoms with Gasteiger partial charge in [0.05, 0.1) is 0 Å². The van der Waals surface area contributed by atoms with Crippen molar-refractivity contribution in [2.45, 2.75) is 68.5 Å². The van der Waals surface area contributed by atoms with Crippen LogP contribution in [0.3, 0.4) is 0 Å². The van der Waals surface area contributed by atoms with E-state index in [9.17, 15) is 9.59 Å². The summed E-state index contributed by atoms with van der Waals surface area (Å²) in [5.41, 5.74) is 1.78. The Hall–Kier alpha value is -2.47. The molecule has 1 aliphatic rings. The molecule has 4 rings (SSSR count). The minimum absolute atomic E-state index is 0.0702. The van der Waals surface area contributed by atoms with Crippen molar-refractivity contribution in [3.63, 3.8) is 0 Å². The smallest absolute Gasteiger partial charge is 0.243 e. The number of benzene rings is 3. The summed E-state index contributed by atoms with van der Waals surface area (Å²) < 4.78 is 0. The first-order valence-corrected chi connectivity index (χ1v) is 15.0. The van der Waals surface area contributed by atoms with Crippen molar-refractivity contribution in [1.82, 2.24) is 10.2 Å². The molecule has 3 aromatic carbocycles. The van der Waals surface area contributed by atoms with Gasteiger partial charge in [-0.1, -0.05) is 97.1 Å². The summed E-state index contributed by atoms with van der Waals surface area (Å²) in [7, 11) is 0. The molecule has 0 heterocycles. The Bertz CT molecular complexity index is 1190. The molecular weight excluding hydrogens is 535 g/mol. The lowest BCUT2D eigenvalue weighted by Gasteiger charge is -2.33. The molecule has 0 bridgehead atoms. The Morgan fingerprint density at radius 3 is 2.29 bits per heavy atom. The van der Waals surface area contributed by atoms with Gasteiger partial charge in [-0.2, -0.15) is 0 Å². The number of hydrogen-bond donors (Lipinski definition) is 1. The molecule has 200 valence electrons. The van der Waals surface area contributed by atoms with E-state index in [1.54, 1.807) is 28.8 Å². The largest absolute Gasteiger partial charge is 0.352 e. The number of hydrogen-bond acceptors (Lipinski definition) is 3. The van der Waals surface area contributed by atoms with E-state index >= 15 is 0 Å². The Labute approximate surface area is 240 Å². The minimum Gasteiger partial charge on any atom is -0.352 e. The first kappa shape index (κ1) is 28.5. The van der Waals surface area contributed by atoms with Gasteiger partial charge in [-0.3, -0.25) is 9.59 Å². The van der Waals surface area contributed by atoms with Crippen LogP contribution < -0.4 is 5.32 Å². The van der Waals surface area contributed by atoms with Gasteiger partial charge in [-0.15, -0.1) is 11.8 Å². The molecule has 0 aromatic heterocycles. The zero-order valence-corrected chi connectivity index (χ0v) is 23.8. The lowest BCUT2D eigenvalue weighted by atomic mass is 9.94. The first-order chi connectivity index (χ1) is 18.5. The standard InChI is InChI=1S/C31H34Cl2N2O2S/c32-25-17-16-24(28(33)21-25)22-35(30(36)18-19-38-27-14-8-3-9-15-27)29(20-23-10-4-1-5-11-23)31(37)34-26-12-6-2-7-13-26/h1,3-5,8-11,14-17,21,26,29H,2,6-7,12-13,18-20,22H2,(H,34,37)/t29-/m0/s1. The van der Waals surface area contributed by atoms with Gasteiger partial charge in [0, 0.05) is 46.1 Å². The second kappa shape index (κ2) is 14.6. The van der Waals surface area contributed by atoms with Crippen molar-refractivity contribution < 1.29 is 9.59 Å². The Balaban J connectivity index is 1.59. The van der Waals surface area contributed by atoms with E-state index in [2.05, 4.69) is 5.32 Å². The van der Waals surface area contributed by atoms with Crippen LogP contribution in [0.25, 0.3) is 0 Å². The average molecular weight is 570 g/mol. The van der Waals surface area contributed by atoms with E-state index in [1.807, 2.05) is 66.7 Å². The predicted molar refractivity (Wildman–Crippen MR) is 158 cm³/mol. The molecule has 4 nitrogen and oxygen atoms in total. The van der Waals surface area contributed by atoms with Crippen LogP contribution in [-0.4, -0.2) is 34.6 Å². The number of rotatable bonds is 11. The van der Waals surface area contributed by atoms with Crippen LogP contribution in [-0.2, 0) is 22.6 Å². The topological polar surface area (TPSA) is 49.4 Å². The van der Waals surface area contributed by atoms with Crippen molar-refractivity contribution in [2.75, 3.05) is 5.75 Å². The van der Waals surface area contributed by atoms with E-state index in [4.69, 9.17) is 23.2 Å². The van der Waals surface area contributed by atoms with Gasteiger partial charge in [0.2, 0.25) is 11.8 Å². The number of halogens is 2. The van der Waals surface area contributed by atoms with E-state index in [1.165, 1.54) is 6.42 Å². The van der Waals surface area contributed by atoms with Crippen LogP contribution in [0.15, 0.2) is 83.8 Å². The zero-order valence-electron chi connectivity index (χ0n) is 21.5. The Morgan fingerprint density at radius 2 is 1.61 bits per heavy atom. The highest BCUT2D eigenvalue weighted by molar-refractivity contribution is 7.99. The minimum atomic E-state index is -0.653. The summed E-state index contributed by atoms with van der Waals surface area (Å²) in [6, 6.07) is 24.7. The molecule has 1 atom stereocenters. The molecule has 0 radical (unpaired) electrons. The lowest BCUT2D eigenvalue weighted by Crippen LogP contribution is -2.53. The van der Waals surface area contributed by atoms with Crippen LogP contribution in [0.1, 0.15) is 49.7 Å².